The minimum absolute atomic E-state index is 0.0248. The van der Waals surface area contributed by atoms with Gasteiger partial charge in [0.25, 0.3) is 0 Å². The van der Waals surface area contributed by atoms with Gasteiger partial charge in [-0.05, 0) is 18.4 Å². The Balaban J connectivity index is 3.92. The number of carbonyl (C=O) groups is 2. The minimum atomic E-state index is 0.0248. The van der Waals surface area contributed by atoms with Gasteiger partial charge < -0.3 is 4.79 Å². The molecule has 0 aromatic rings. The third-order valence-corrected chi connectivity index (χ3v) is 1.67. The van der Waals surface area contributed by atoms with Crippen LogP contribution in [0.15, 0.2) is 11.6 Å². The zero-order valence-corrected chi connectivity index (χ0v) is 7.75. The third-order valence-electron chi connectivity index (χ3n) is 1.67. The van der Waals surface area contributed by atoms with Crippen LogP contribution in [-0.2, 0) is 9.59 Å². The standard InChI is InChI=1S/C10H16O2/c1-3-4-10(8-12)6-5-9(2)7-11/h6-9H,3-5H2,1-2H3. The van der Waals surface area contributed by atoms with Crippen molar-refractivity contribution in [2.75, 3.05) is 0 Å². The summed E-state index contributed by atoms with van der Waals surface area (Å²) in [7, 11) is 0. The molecule has 0 aliphatic rings. The van der Waals surface area contributed by atoms with E-state index >= 15 is 0 Å². The second-order valence-corrected chi connectivity index (χ2v) is 3.00. The molecule has 0 aliphatic heterocycles. The van der Waals surface area contributed by atoms with Crippen LogP contribution in [0.3, 0.4) is 0 Å². The molecule has 0 spiro atoms. The van der Waals surface area contributed by atoms with Gasteiger partial charge in [0.1, 0.15) is 12.6 Å². The van der Waals surface area contributed by atoms with Crippen LogP contribution in [0.1, 0.15) is 33.1 Å². The van der Waals surface area contributed by atoms with E-state index in [1.165, 1.54) is 0 Å². The van der Waals surface area contributed by atoms with Crippen molar-refractivity contribution in [3.8, 4) is 0 Å². The molecule has 0 N–H and O–H groups in total. The largest absolute Gasteiger partial charge is 0.303 e. The van der Waals surface area contributed by atoms with E-state index in [2.05, 4.69) is 0 Å². The van der Waals surface area contributed by atoms with E-state index in [-0.39, 0.29) is 5.92 Å². The number of allylic oxidation sites excluding steroid dienone is 2. The van der Waals surface area contributed by atoms with Gasteiger partial charge in [0.2, 0.25) is 0 Å². The highest BCUT2D eigenvalue weighted by molar-refractivity contribution is 5.73. The number of hydrogen-bond acceptors (Lipinski definition) is 2. The Labute approximate surface area is 73.7 Å². The van der Waals surface area contributed by atoms with Gasteiger partial charge in [-0.3, -0.25) is 4.79 Å². The molecule has 0 aromatic heterocycles. The summed E-state index contributed by atoms with van der Waals surface area (Å²) in [6.07, 6.45) is 6.11. The Morgan fingerprint density at radius 3 is 2.50 bits per heavy atom. The molecule has 0 rings (SSSR count). The van der Waals surface area contributed by atoms with Gasteiger partial charge in [-0.15, -0.1) is 0 Å². The molecule has 0 saturated heterocycles. The summed E-state index contributed by atoms with van der Waals surface area (Å²) in [6, 6.07) is 0. The zero-order chi connectivity index (χ0) is 9.40. The van der Waals surface area contributed by atoms with Gasteiger partial charge in [0, 0.05) is 5.92 Å². The van der Waals surface area contributed by atoms with Gasteiger partial charge in [0.05, 0.1) is 0 Å². The Kier molecular flexibility index (Phi) is 6.25. The second-order valence-electron chi connectivity index (χ2n) is 3.00. The molecule has 0 fully saturated rings. The zero-order valence-electron chi connectivity index (χ0n) is 7.75. The Bertz CT molecular complexity index is 171. The van der Waals surface area contributed by atoms with Crippen LogP contribution in [0.4, 0.5) is 0 Å². The predicted molar refractivity (Wildman–Crippen MR) is 48.9 cm³/mol. The fourth-order valence-corrected chi connectivity index (χ4v) is 0.891. The summed E-state index contributed by atoms with van der Waals surface area (Å²) in [5.74, 6) is 0.0248. The van der Waals surface area contributed by atoms with E-state index in [1.807, 2.05) is 19.9 Å². The quantitative estimate of drug-likeness (QED) is 0.450. The first-order chi connectivity index (χ1) is 5.74. The fourth-order valence-electron chi connectivity index (χ4n) is 0.891. The number of aldehydes is 2. The lowest BCUT2D eigenvalue weighted by molar-refractivity contribution is -0.110. The lowest BCUT2D eigenvalue weighted by Gasteiger charge is -1.99. The smallest absolute Gasteiger partial charge is 0.145 e. The molecular formula is C10H16O2. The van der Waals surface area contributed by atoms with Gasteiger partial charge in [-0.25, -0.2) is 0 Å². The Morgan fingerprint density at radius 2 is 2.08 bits per heavy atom. The average molecular weight is 168 g/mol. The van der Waals surface area contributed by atoms with Crippen molar-refractivity contribution in [1.82, 2.24) is 0 Å². The van der Waals surface area contributed by atoms with Crippen molar-refractivity contribution >= 4 is 12.6 Å². The maximum atomic E-state index is 10.4. The molecule has 0 saturated carbocycles. The molecule has 68 valence electrons. The summed E-state index contributed by atoms with van der Waals surface area (Å²) in [6.45, 7) is 3.87. The lowest BCUT2D eigenvalue weighted by Crippen LogP contribution is -1.94. The van der Waals surface area contributed by atoms with Crippen LogP contribution >= 0.6 is 0 Å². The summed E-state index contributed by atoms with van der Waals surface area (Å²) in [5.41, 5.74) is 0.811. The topological polar surface area (TPSA) is 34.1 Å². The highest BCUT2D eigenvalue weighted by Gasteiger charge is 1.98. The van der Waals surface area contributed by atoms with Crippen LogP contribution < -0.4 is 0 Å². The molecule has 1 unspecified atom stereocenters. The fraction of sp³-hybridized carbons (Fsp3) is 0.600. The molecule has 0 radical (unpaired) electrons. The molecule has 0 aromatic carbocycles. The molecule has 0 heterocycles. The van der Waals surface area contributed by atoms with Crippen LogP contribution in [0, 0.1) is 5.92 Å². The van der Waals surface area contributed by atoms with E-state index < -0.39 is 0 Å². The first kappa shape index (κ1) is 11.1. The second kappa shape index (κ2) is 6.77. The van der Waals surface area contributed by atoms with Crippen molar-refractivity contribution in [3.05, 3.63) is 11.6 Å². The molecular weight excluding hydrogens is 152 g/mol. The van der Waals surface area contributed by atoms with Crippen LogP contribution in [0.2, 0.25) is 0 Å². The summed E-state index contributed by atoms with van der Waals surface area (Å²) in [4.78, 5) is 20.7. The van der Waals surface area contributed by atoms with Gasteiger partial charge in [-0.1, -0.05) is 26.3 Å². The number of carbonyl (C=O) groups excluding carboxylic acids is 2. The SMILES string of the molecule is CCCC(C=O)=CCC(C)C=O. The van der Waals surface area contributed by atoms with E-state index in [9.17, 15) is 9.59 Å². The summed E-state index contributed by atoms with van der Waals surface area (Å²) >= 11 is 0. The highest BCUT2D eigenvalue weighted by Crippen LogP contribution is 2.06. The van der Waals surface area contributed by atoms with Crippen LogP contribution in [0.5, 0.6) is 0 Å². The lowest BCUT2D eigenvalue weighted by atomic mass is 10.1. The van der Waals surface area contributed by atoms with E-state index in [0.29, 0.717) is 6.42 Å². The van der Waals surface area contributed by atoms with Crippen molar-refractivity contribution < 1.29 is 9.59 Å². The van der Waals surface area contributed by atoms with Crippen molar-refractivity contribution in [1.29, 1.82) is 0 Å². The Morgan fingerprint density at radius 1 is 1.42 bits per heavy atom. The molecule has 0 amide bonds. The maximum Gasteiger partial charge on any atom is 0.145 e. The van der Waals surface area contributed by atoms with Crippen molar-refractivity contribution in [2.45, 2.75) is 33.1 Å². The first-order valence-electron chi connectivity index (χ1n) is 4.34. The van der Waals surface area contributed by atoms with Crippen molar-refractivity contribution in [3.63, 3.8) is 0 Å². The highest BCUT2D eigenvalue weighted by atomic mass is 16.1. The summed E-state index contributed by atoms with van der Waals surface area (Å²) < 4.78 is 0. The van der Waals surface area contributed by atoms with E-state index in [1.54, 1.807) is 0 Å². The molecule has 12 heavy (non-hydrogen) atoms. The minimum Gasteiger partial charge on any atom is -0.303 e. The normalized spacial score (nSPS) is 14.0. The monoisotopic (exact) mass is 168 g/mol. The van der Waals surface area contributed by atoms with Gasteiger partial charge in [0.15, 0.2) is 0 Å². The molecule has 0 bridgehead atoms. The molecule has 2 nitrogen and oxygen atoms in total. The predicted octanol–water partition coefficient (Wildman–Crippen LogP) is 2.14. The van der Waals surface area contributed by atoms with E-state index in [0.717, 1.165) is 31.0 Å². The van der Waals surface area contributed by atoms with Gasteiger partial charge >= 0.3 is 0 Å². The average Bonchev–Trinajstić information content (AvgIpc) is 2.11. The number of hydrogen-bond donors (Lipinski definition) is 0. The first-order valence-corrected chi connectivity index (χ1v) is 4.34. The molecule has 0 aliphatic carbocycles. The molecule has 2 heteroatoms. The summed E-state index contributed by atoms with van der Waals surface area (Å²) in [5, 5.41) is 0. The van der Waals surface area contributed by atoms with Gasteiger partial charge in [-0.2, -0.15) is 0 Å². The Hall–Kier alpha value is -0.920. The third kappa shape index (κ3) is 4.83. The van der Waals surface area contributed by atoms with Crippen LogP contribution in [-0.4, -0.2) is 12.6 Å². The van der Waals surface area contributed by atoms with E-state index in [4.69, 9.17) is 0 Å². The molecule has 1 atom stereocenters. The van der Waals surface area contributed by atoms with Crippen LogP contribution in [0.25, 0.3) is 0 Å². The van der Waals surface area contributed by atoms with Crippen molar-refractivity contribution in [2.24, 2.45) is 5.92 Å². The number of rotatable bonds is 6. The maximum absolute atomic E-state index is 10.4.